The van der Waals surface area contributed by atoms with Crippen molar-refractivity contribution in [2.45, 2.75) is 37.9 Å². The molecule has 0 aromatic carbocycles. The van der Waals surface area contributed by atoms with E-state index in [1.165, 1.54) is 6.92 Å². The molecule has 1 aromatic rings. The van der Waals surface area contributed by atoms with E-state index < -0.39 is 20.5 Å². The van der Waals surface area contributed by atoms with Gasteiger partial charge >= 0.3 is 0 Å². The Balaban J connectivity index is 3.08. The van der Waals surface area contributed by atoms with Crippen molar-refractivity contribution < 1.29 is 12.9 Å². The molecule has 0 bridgehead atoms. The molecule has 2 unspecified atom stereocenters. The molecule has 0 fully saturated rings. The number of sulfone groups is 1. The standard InChI is InChI=1S/C10H19N3O3S/c1-5-10(3,6-11)9-12-8(13-16-9)7(2)17(4,14)15/h7H,5-6,11H2,1-4H3. The zero-order valence-electron chi connectivity index (χ0n) is 10.6. The SMILES string of the molecule is CCC(C)(CN)c1nc(C(C)S(C)(=O)=O)no1. The van der Waals surface area contributed by atoms with Gasteiger partial charge in [0.25, 0.3) is 0 Å². The van der Waals surface area contributed by atoms with Crippen molar-refractivity contribution in [2.75, 3.05) is 12.8 Å². The molecule has 1 rings (SSSR count). The molecule has 98 valence electrons. The minimum Gasteiger partial charge on any atom is -0.339 e. The van der Waals surface area contributed by atoms with Gasteiger partial charge in [-0.25, -0.2) is 8.42 Å². The predicted molar refractivity (Wildman–Crippen MR) is 64.3 cm³/mol. The number of hydrogen-bond donors (Lipinski definition) is 1. The molecule has 0 aliphatic rings. The molecule has 1 heterocycles. The Labute approximate surface area is 102 Å². The van der Waals surface area contributed by atoms with Crippen molar-refractivity contribution in [2.24, 2.45) is 5.73 Å². The first kappa shape index (κ1) is 14.1. The van der Waals surface area contributed by atoms with Gasteiger partial charge < -0.3 is 10.3 Å². The highest BCUT2D eigenvalue weighted by Gasteiger charge is 2.32. The lowest BCUT2D eigenvalue weighted by atomic mass is 9.88. The van der Waals surface area contributed by atoms with Crippen LogP contribution in [0.4, 0.5) is 0 Å². The van der Waals surface area contributed by atoms with Gasteiger partial charge in [0.2, 0.25) is 5.89 Å². The van der Waals surface area contributed by atoms with Crippen LogP contribution in [0.1, 0.15) is 44.2 Å². The van der Waals surface area contributed by atoms with Gasteiger partial charge in [0, 0.05) is 12.8 Å². The van der Waals surface area contributed by atoms with Crippen molar-refractivity contribution in [1.82, 2.24) is 10.1 Å². The van der Waals surface area contributed by atoms with Crippen LogP contribution in [0.15, 0.2) is 4.52 Å². The smallest absolute Gasteiger partial charge is 0.233 e. The van der Waals surface area contributed by atoms with Crippen LogP contribution in [-0.2, 0) is 15.3 Å². The third kappa shape index (κ3) is 2.84. The Morgan fingerprint density at radius 1 is 1.53 bits per heavy atom. The summed E-state index contributed by atoms with van der Waals surface area (Å²) in [6, 6.07) is 0. The summed E-state index contributed by atoms with van der Waals surface area (Å²) < 4.78 is 27.9. The fourth-order valence-electron chi connectivity index (χ4n) is 1.22. The molecule has 0 amide bonds. The van der Waals surface area contributed by atoms with E-state index in [9.17, 15) is 8.42 Å². The molecular formula is C10H19N3O3S. The van der Waals surface area contributed by atoms with Crippen LogP contribution in [-0.4, -0.2) is 31.4 Å². The van der Waals surface area contributed by atoms with Gasteiger partial charge in [-0.1, -0.05) is 12.1 Å². The largest absolute Gasteiger partial charge is 0.339 e. The number of rotatable bonds is 5. The first-order valence-corrected chi connectivity index (χ1v) is 7.43. The summed E-state index contributed by atoms with van der Waals surface area (Å²) in [5.41, 5.74) is 5.27. The summed E-state index contributed by atoms with van der Waals surface area (Å²) in [4.78, 5) is 4.15. The van der Waals surface area contributed by atoms with E-state index in [0.29, 0.717) is 12.4 Å². The molecule has 0 aliphatic heterocycles. The average molecular weight is 261 g/mol. The quantitative estimate of drug-likeness (QED) is 0.841. The summed E-state index contributed by atoms with van der Waals surface area (Å²) in [6.45, 7) is 5.79. The molecule has 17 heavy (non-hydrogen) atoms. The van der Waals surface area contributed by atoms with Crippen LogP contribution in [0.5, 0.6) is 0 Å². The van der Waals surface area contributed by atoms with E-state index in [2.05, 4.69) is 10.1 Å². The highest BCUT2D eigenvalue weighted by atomic mass is 32.2. The molecule has 6 nitrogen and oxygen atoms in total. The van der Waals surface area contributed by atoms with Gasteiger partial charge in [-0.05, 0) is 20.3 Å². The van der Waals surface area contributed by atoms with Crippen LogP contribution in [0.2, 0.25) is 0 Å². The van der Waals surface area contributed by atoms with Crippen LogP contribution < -0.4 is 5.73 Å². The maximum atomic E-state index is 11.4. The van der Waals surface area contributed by atoms with Crippen molar-refractivity contribution in [3.63, 3.8) is 0 Å². The van der Waals surface area contributed by atoms with Gasteiger partial charge in [-0.2, -0.15) is 4.98 Å². The predicted octanol–water partition coefficient (Wildman–Crippen LogP) is 0.802. The lowest BCUT2D eigenvalue weighted by Crippen LogP contribution is -2.31. The van der Waals surface area contributed by atoms with Crippen molar-refractivity contribution in [3.8, 4) is 0 Å². The lowest BCUT2D eigenvalue weighted by Gasteiger charge is -2.20. The fraction of sp³-hybridized carbons (Fsp3) is 0.800. The molecule has 1 aromatic heterocycles. The fourth-order valence-corrected chi connectivity index (χ4v) is 1.70. The highest BCUT2D eigenvalue weighted by molar-refractivity contribution is 7.90. The van der Waals surface area contributed by atoms with Crippen molar-refractivity contribution in [3.05, 3.63) is 11.7 Å². The third-order valence-corrected chi connectivity index (χ3v) is 4.69. The number of aromatic nitrogens is 2. The van der Waals surface area contributed by atoms with Gasteiger partial charge in [0.1, 0.15) is 5.25 Å². The molecule has 0 spiro atoms. The monoisotopic (exact) mass is 261 g/mol. The molecular weight excluding hydrogens is 242 g/mol. The van der Waals surface area contributed by atoms with E-state index in [0.717, 1.165) is 12.7 Å². The van der Waals surface area contributed by atoms with E-state index >= 15 is 0 Å². The zero-order valence-corrected chi connectivity index (χ0v) is 11.4. The molecule has 0 aliphatic carbocycles. The first-order chi connectivity index (χ1) is 7.74. The Hall–Kier alpha value is -0.950. The molecule has 2 atom stereocenters. The van der Waals surface area contributed by atoms with Gasteiger partial charge in [0.05, 0.1) is 5.41 Å². The Morgan fingerprint density at radius 2 is 2.12 bits per heavy atom. The Kier molecular flexibility index (Phi) is 3.93. The second-order valence-corrected chi connectivity index (χ2v) is 6.91. The molecule has 2 N–H and O–H groups in total. The van der Waals surface area contributed by atoms with Gasteiger partial charge in [0.15, 0.2) is 15.7 Å². The van der Waals surface area contributed by atoms with E-state index in [1.54, 1.807) is 0 Å². The second-order valence-electron chi connectivity index (χ2n) is 4.55. The average Bonchev–Trinajstić information content (AvgIpc) is 2.75. The maximum Gasteiger partial charge on any atom is 0.233 e. The maximum absolute atomic E-state index is 11.4. The number of nitrogens with zero attached hydrogens (tertiary/aromatic N) is 2. The van der Waals surface area contributed by atoms with E-state index in [1.807, 2.05) is 13.8 Å². The summed E-state index contributed by atoms with van der Waals surface area (Å²) in [5, 5.41) is 2.96. The Bertz CT molecular complexity index is 477. The summed E-state index contributed by atoms with van der Waals surface area (Å²) >= 11 is 0. The number of nitrogens with two attached hydrogens (primary N) is 1. The van der Waals surface area contributed by atoms with E-state index in [4.69, 9.17) is 10.3 Å². The molecule has 7 heteroatoms. The zero-order chi connectivity index (χ0) is 13.3. The summed E-state index contributed by atoms with van der Waals surface area (Å²) in [5.74, 6) is 0.587. The van der Waals surface area contributed by atoms with Crippen molar-refractivity contribution in [1.29, 1.82) is 0 Å². The molecule has 0 saturated heterocycles. The lowest BCUT2D eigenvalue weighted by molar-refractivity contribution is 0.289. The highest BCUT2D eigenvalue weighted by Crippen LogP contribution is 2.27. The minimum absolute atomic E-state index is 0.190. The van der Waals surface area contributed by atoms with Gasteiger partial charge in [-0.3, -0.25) is 0 Å². The summed E-state index contributed by atoms with van der Waals surface area (Å²) in [7, 11) is -3.22. The van der Waals surface area contributed by atoms with Crippen LogP contribution in [0, 0.1) is 0 Å². The normalized spacial score (nSPS) is 17.7. The molecule has 0 saturated carbocycles. The number of hydrogen-bond acceptors (Lipinski definition) is 6. The third-order valence-electron chi connectivity index (χ3n) is 3.19. The second kappa shape index (κ2) is 4.73. The van der Waals surface area contributed by atoms with Crippen LogP contribution in [0.25, 0.3) is 0 Å². The molecule has 0 radical (unpaired) electrons. The van der Waals surface area contributed by atoms with Crippen LogP contribution >= 0.6 is 0 Å². The van der Waals surface area contributed by atoms with E-state index in [-0.39, 0.29) is 5.82 Å². The minimum atomic E-state index is -3.22. The topological polar surface area (TPSA) is 99.1 Å². The van der Waals surface area contributed by atoms with Gasteiger partial charge in [-0.15, -0.1) is 0 Å². The van der Waals surface area contributed by atoms with Crippen molar-refractivity contribution >= 4 is 9.84 Å². The Morgan fingerprint density at radius 3 is 2.53 bits per heavy atom. The first-order valence-electron chi connectivity index (χ1n) is 5.47. The summed E-state index contributed by atoms with van der Waals surface area (Å²) in [6.07, 6.45) is 1.90. The van der Waals surface area contributed by atoms with Crippen LogP contribution in [0.3, 0.4) is 0 Å².